The van der Waals surface area contributed by atoms with Gasteiger partial charge in [0.25, 0.3) is 5.56 Å². The van der Waals surface area contributed by atoms with Crippen LogP contribution in [-0.4, -0.2) is 50.8 Å². The minimum atomic E-state index is -1.41. The fourth-order valence-electron chi connectivity index (χ4n) is 5.88. The summed E-state index contributed by atoms with van der Waals surface area (Å²) in [5.74, 6) is 6.57. The molecule has 45 heavy (non-hydrogen) atoms. The zero-order valence-electron chi connectivity index (χ0n) is 23.8. The lowest BCUT2D eigenvalue weighted by Gasteiger charge is -2.22. The summed E-state index contributed by atoms with van der Waals surface area (Å²) in [6, 6.07) is 27.5. The minimum Gasteiger partial charge on any atom is -0.438 e. The van der Waals surface area contributed by atoms with Gasteiger partial charge in [0.2, 0.25) is 0 Å². The number of carbonyl (C=O) groups excluding carboxylic acids is 1. The number of aliphatic hydroxyl groups is 2. The Labute approximate surface area is 255 Å². The maximum atomic E-state index is 12.7. The molecule has 0 radical (unpaired) electrons. The van der Waals surface area contributed by atoms with Crippen molar-refractivity contribution in [3.05, 3.63) is 129 Å². The van der Waals surface area contributed by atoms with Gasteiger partial charge in [0.15, 0.2) is 12.3 Å². The van der Waals surface area contributed by atoms with Gasteiger partial charge in [-0.05, 0) is 56.1 Å². The third-order valence-corrected chi connectivity index (χ3v) is 8.12. The average molecular weight is 602 g/mol. The molecule has 1 aromatic heterocycles. The number of rotatable bonds is 5. The summed E-state index contributed by atoms with van der Waals surface area (Å²) in [7, 11) is 0. The fourth-order valence-corrected chi connectivity index (χ4v) is 5.88. The van der Waals surface area contributed by atoms with Crippen LogP contribution >= 0.6 is 0 Å². The van der Waals surface area contributed by atoms with Crippen molar-refractivity contribution in [1.82, 2.24) is 14.9 Å². The number of aromatic nitrogens is 2. The van der Waals surface area contributed by atoms with E-state index in [4.69, 9.17) is 9.47 Å². The van der Waals surface area contributed by atoms with Crippen LogP contribution < -0.4 is 16.6 Å². The van der Waals surface area contributed by atoms with E-state index in [-0.39, 0.29) is 6.54 Å². The third-order valence-electron chi connectivity index (χ3n) is 8.12. The number of nitrogens with one attached hydrogen (secondary N) is 2. The Bertz CT molecular complexity index is 2210. The summed E-state index contributed by atoms with van der Waals surface area (Å²) < 4.78 is 11.9. The number of aromatic amines is 1. The average Bonchev–Trinajstić information content (AvgIpc) is 3.36. The van der Waals surface area contributed by atoms with E-state index in [1.165, 1.54) is 33.1 Å². The summed E-state index contributed by atoms with van der Waals surface area (Å²) in [4.78, 5) is 38.5. The number of ether oxygens (including phenoxy) is 2. The van der Waals surface area contributed by atoms with Crippen LogP contribution in [0.15, 0.2) is 101 Å². The molecule has 7 rings (SSSR count). The van der Waals surface area contributed by atoms with E-state index in [2.05, 4.69) is 70.7 Å². The SMILES string of the molecule is O=C(NCc1ccc(C#Cc2ccc3ccc4cccc5ccc2c3c45)cc1)O[C@H]1[C@H](O)[C@@H](CO)O[C@H]1n1ccc(=O)[nH]c1=O. The molecule has 1 saturated heterocycles. The summed E-state index contributed by atoms with van der Waals surface area (Å²) in [5.41, 5.74) is 1.11. The molecule has 1 aliphatic heterocycles. The highest BCUT2D eigenvalue weighted by molar-refractivity contribution is 6.23. The minimum absolute atomic E-state index is 0.123. The van der Waals surface area contributed by atoms with Crippen molar-refractivity contribution in [3.8, 4) is 11.8 Å². The van der Waals surface area contributed by atoms with Crippen molar-refractivity contribution in [3.63, 3.8) is 0 Å². The van der Waals surface area contributed by atoms with Gasteiger partial charge in [-0.25, -0.2) is 9.59 Å². The van der Waals surface area contributed by atoms with Crippen LogP contribution in [0.3, 0.4) is 0 Å². The molecule has 10 heteroatoms. The third kappa shape index (κ3) is 5.30. The lowest BCUT2D eigenvalue weighted by atomic mass is 9.92. The number of hydrogen-bond acceptors (Lipinski definition) is 7. The van der Waals surface area contributed by atoms with Crippen molar-refractivity contribution in [2.45, 2.75) is 31.1 Å². The topological polar surface area (TPSA) is 143 Å². The van der Waals surface area contributed by atoms with Crippen molar-refractivity contribution < 1.29 is 24.5 Å². The van der Waals surface area contributed by atoms with Crippen molar-refractivity contribution >= 4 is 38.4 Å². The van der Waals surface area contributed by atoms with Gasteiger partial charge in [-0.2, -0.15) is 0 Å². The molecule has 1 fully saturated rings. The number of H-pyrrole nitrogens is 1. The highest BCUT2D eigenvalue weighted by atomic mass is 16.6. The van der Waals surface area contributed by atoms with E-state index in [1.807, 2.05) is 30.3 Å². The van der Waals surface area contributed by atoms with Crippen LogP contribution in [0.4, 0.5) is 4.79 Å². The van der Waals surface area contributed by atoms with Crippen LogP contribution in [0.25, 0.3) is 32.3 Å². The standard InChI is InChI=1S/C35H27N3O7/c39-19-27-31(41)32(33(44-27)38-17-16-28(40)37-34(38)42)45-35(43)36-18-21-6-4-20(5-7-21)8-9-22-10-11-25-13-12-23-2-1-3-24-14-15-26(22)30(25)29(23)24/h1-7,10-17,27,31-33,39,41H,18-19H2,(H,36,43)(H,37,40,42)/t27-,31-,32+,33-/m1/s1. The van der Waals surface area contributed by atoms with Crippen LogP contribution in [0.1, 0.15) is 22.9 Å². The molecular formula is C35H27N3O7. The lowest BCUT2D eigenvalue weighted by molar-refractivity contribution is -0.0569. The molecule has 4 atom stereocenters. The highest BCUT2D eigenvalue weighted by Gasteiger charge is 2.47. The summed E-state index contributed by atoms with van der Waals surface area (Å²) in [6.07, 6.45) is -4.76. The molecular weight excluding hydrogens is 574 g/mol. The van der Waals surface area contributed by atoms with Gasteiger partial charge < -0.3 is 25.0 Å². The smallest absolute Gasteiger partial charge is 0.407 e. The van der Waals surface area contributed by atoms with E-state index in [0.717, 1.165) is 32.7 Å². The first-order chi connectivity index (χ1) is 21.9. The number of benzene rings is 5. The number of alkyl carbamates (subject to hydrolysis) is 1. The summed E-state index contributed by atoms with van der Waals surface area (Å²) >= 11 is 0. The van der Waals surface area contributed by atoms with Gasteiger partial charge in [0.05, 0.1) is 6.61 Å². The molecule has 1 aliphatic rings. The fraction of sp³-hybridized carbons (Fsp3) is 0.171. The van der Waals surface area contributed by atoms with Crippen LogP contribution in [0.5, 0.6) is 0 Å². The van der Waals surface area contributed by atoms with E-state index >= 15 is 0 Å². The van der Waals surface area contributed by atoms with Gasteiger partial charge in [-0.3, -0.25) is 14.3 Å². The van der Waals surface area contributed by atoms with Crippen LogP contribution in [0, 0.1) is 11.8 Å². The molecule has 10 nitrogen and oxygen atoms in total. The first-order valence-electron chi connectivity index (χ1n) is 14.4. The zero-order chi connectivity index (χ0) is 31.1. The van der Waals surface area contributed by atoms with Gasteiger partial charge in [0, 0.05) is 29.9 Å². The second-order valence-corrected chi connectivity index (χ2v) is 10.9. The van der Waals surface area contributed by atoms with Gasteiger partial charge in [-0.1, -0.05) is 72.5 Å². The number of amides is 1. The normalized spacial score (nSPS) is 19.5. The molecule has 0 bridgehead atoms. The zero-order valence-corrected chi connectivity index (χ0v) is 23.8. The number of carbonyl (C=O) groups is 1. The van der Waals surface area contributed by atoms with E-state index in [1.54, 1.807) is 0 Å². The van der Waals surface area contributed by atoms with E-state index in [0.29, 0.717) is 0 Å². The summed E-state index contributed by atoms with van der Waals surface area (Å²) in [5, 5.41) is 29.9. The van der Waals surface area contributed by atoms with Crippen LogP contribution in [0.2, 0.25) is 0 Å². The molecule has 6 aromatic rings. The molecule has 1 amide bonds. The maximum absolute atomic E-state index is 12.7. The number of aliphatic hydroxyl groups excluding tert-OH is 2. The van der Waals surface area contributed by atoms with Crippen molar-refractivity contribution in [2.75, 3.05) is 6.61 Å². The molecule has 4 N–H and O–H groups in total. The Morgan fingerprint density at radius 3 is 2.36 bits per heavy atom. The lowest BCUT2D eigenvalue weighted by Crippen LogP contribution is -2.42. The van der Waals surface area contributed by atoms with Crippen molar-refractivity contribution in [1.29, 1.82) is 0 Å². The van der Waals surface area contributed by atoms with Crippen molar-refractivity contribution in [2.24, 2.45) is 0 Å². The molecule has 0 saturated carbocycles. The highest BCUT2D eigenvalue weighted by Crippen LogP contribution is 2.36. The molecule has 2 heterocycles. The first kappa shape index (κ1) is 28.3. The Morgan fingerprint density at radius 2 is 1.62 bits per heavy atom. The quantitative estimate of drug-likeness (QED) is 0.175. The monoisotopic (exact) mass is 601 g/mol. The van der Waals surface area contributed by atoms with Crippen LogP contribution in [-0.2, 0) is 16.0 Å². The number of hydrogen-bond donors (Lipinski definition) is 4. The van der Waals surface area contributed by atoms with E-state index < -0.39 is 48.5 Å². The molecule has 0 aliphatic carbocycles. The van der Waals surface area contributed by atoms with Gasteiger partial charge in [-0.15, -0.1) is 0 Å². The maximum Gasteiger partial charge on any atom is 0.407 e. The van der Waals surface area contributed by atoms with Gasteiger partial charge >= 0.3 is 11.8 Å². The molecule has 224 valence electrons. The first-order valence-corrected chi connectivity index (χ1v) is 14.4. The van der Waals surface area contributed by atoms with E-state index in [9.17, 15) is 24.6 Å². The predicted octanol–water partition coefficient (Wildman–Crippen LogP) is 3.38. The summed E-state index contributed by atoms with van der Waals surface area (Å²) in [6.45, 7) is -0.443. The molecule has 0 unspecified atom stereocenters. The van der Waals surface area contributed by atoms with Gasteiger partial charge in [0.1, 0.15) is 12.2 Å². The Balaban J connectivity index is 1.04. The Morgan fingerprint density at radius 1 is 0.911 bits per heavy atom. The largest absolute Gasteiger partial charge is 0.438 e. The molecule has 5 aromatic carbocycles. The Hall–Kier alpha value is -5.47. The number of nitrogens with zero attached hydrogens (tertiary/aromatic N) is 1. The predicted molar refractivity (Wildman–Crippen MR) is 168 cm³/mol. The second kappa shape index (κ2) is 11.6. The Kier molecular flexibility index (Phi) is 7.27. The second-order valence-electron chi connectivity index (χ2n) is 10.9. The molecule has 0 spiro atoms.